The van der Waals surface area contributed by atoms with Gasteiger partial charge < -0.3 is 14.5 Å². The van der Waals surface area contributed by atoms with Crippen LogP contribution in [0.15, 0.2) is 11.6 Å². The maximum atomic E-state index is 12.4. The Balaban J connectivity index is 1.92. The molecule has 2 aliphatic rings. The molecular weight excluding hydrogens is 249 g/mol. The zero-order valence-corrected chi connectivity index (χ0v) is 9.87. The average Bonchev–Trinajstić information content (AvgIpc) is 2.38. The molecule has 2 heterocycles. The third-order valence-corrected chi connectivity index (χ3v) is 3.13. The van der Waals surface area contributed by atoms with Crippen molar-refractivity contribution in [3.63, 3.8) is 0 Å². The molecule has 1 fully saturated rings. The topological polar surface area (TPSA) is 32.8 Å². The van der Waals surface area contributed by atoms with Crippen molar-refractivity contribution < 1.29 is 22.7 Å². The van der Waals surface area contributed by atoms with Crippen LogP contribution in [-0.4, -0.2) is 61.4 Å². The van der Waals surface area contributed by atoms with E-state index in [1.807, 2.05) is 0 Å². The summed E-state index contributed by atoms with van der Waals surface area (Å²) in [4.78, 5) is 15.1. The van der Waals surface area contributed by atoms with Gasteiger partial charge in [0.25, 0.3) is 0 Å². The molecule has 0 atom stereocenters. The van der Waals surface area contributed by atoms with Gasteiger partial charge in [-0.25, -0.2) is 4.79 Å². The Kier molecular flexibility index (Phi) is 3.79. The summed E-state index contributed by atoms with van der Waals surface area (Å²) in [6.45, 7) is 2.15. The highest BCUT2D eigenvalue weighted by Crippen LogP contribution is 2.30. The molecule has 0 unspecified atom stereocenters. The standard InChI is InChI=1S/C11H15F3N2O2/c12-11(13,14)9-1-3-15(4-2-9)10(17)16-5-7-18-8-6-16/h1H,2-8H2. The average molecular weight is 264 g/mol. The molecule has 1 saturated heterocycles. The van der Waals surface area contributed by atoms with Crippen LogP contribution in [0.4, 0.5) is 18.0 Å². The van der Waals surface area contributed by atoms with Crippen LogP contribution in [0, 0.1) is 0 Å². The Morgan fingerprint density at radius 1 is 1.17 bits per heavy atom. The molecule has 0 saturated carbocycles. The molecule has 0 aromatic carbocycles. The molecule has 2 amide bonds. The number of urea groups is 1. The molecule has 0 N–H and O–H groups in total. The number of nitrogens with zero attached hydrogens (tertiary/aromatic N) is 2. The van der Waals surface area contributed by atoms with Gasteiger partial charge >= 0.3 is 12.2 Å². The van der Waals surface area contributed by atoms with Gasteiger partial charge in [-0.05, 0) is 6.42 Å². The number of hydrogen-bond acceptors (Lipinski definition) is 2. The van der Waals surface area contributed by atoms with Gasteiger partial charge in [-0.2, -0.15) is 13.2 Å². The van der Waals surface area contributed by atoms with Crippen LogP contribution in [0.2, 0.25) is 0 Å². The first-order valence-electron chi connectivity index (χ1n) is 5.86. The van der Waals surface area contributed by atoms with Gasteiger partial charge in [-0.3, -0.25) is 0 Å². The number of amides is 2. The largest absolute Gasteiger partial charge is 0.412 e. The Labute approximate surface area is 103 Å². The summed E-state index contributed by atoms with van der Waals surface area (Å²) in [7, 11) is 0. The van der Waals surface area contributed by atoms with Gasteiger partial charge in [0.1, 0.15) is 0 Å². The molecule has 0 aromatic rings. The van der Waals surface area contributed by atoms with Crippen molar-refractivity contribution >= 4 is 6.03 Å². The van der Waals surface area contributed by atoms with E-state index >= 15 is 0 Å². The zero-order chi connectivity index (χ0) is 13.2. The van der Waals surface area contributed by atoms with Crippen LogP contribution in [0.25, 0.3) is 0 Å². The molecule has 7 heteroatoms. The summed E-state index contributed by atoms with van der Waals surface area (Å²) in [5.41, 5.74) is -0.534. The molecule has 0 bridgehead atoms. The number of alkyl halides is 3. The molecule has 18 heavy (non-hydrogen) atoms. The Hall–Kier alpha value is -1.24. The maximum absolute atomic E-state index is 12.4. The van der Waals surface area contributed by atoms with E-state index in [4.69, 9.17) is 4.74 Å². The number of hydrogen-bond donors (Lipinski definition) is 0. The fourth-order valence-corrected chi connectivity index (χ4v) is 2.05. The van der Waals surface area contributed by atoms with Gasteiger partial charge in [0, 0.05) is 31.8 Å². The molecule has 102 valence electrons. The third-order valence-electron chi connectivity index (χ3n) is 3.13. The lowest BCUT2D eigenvalue weighted by atomic mass is 10.1. The third kappa shape index (κ3) is 2.95. The Bertz CT molecular complexity index is 349. The number of halogens is 3. The number of carbonyl (C=O) groups excluding carboxylic acids is 1. The Morgan fingerprint density at radius 3 is 2.33 bits per heavy atom. The predicted molar refractivity (Wildman–Crippen MR) is 58.1 cm³/mol. The van der Waals surface area contributed by atoms with E-state index in [1.165, 1.54) is 4.90 Å². The Morgan fingerprint density at radius 2 is 1.83 bits per heavy atom. The molecule has 0 spiro atoms. The van der Waals surface area contributed by atoms with Crippen LogP contribution in [-0.2, 0) is 4.74 Å². The van der Waals surface area contributed by atoms with Crippen molar-refractivity contribution in [2.75, 3.05) is 39.4 Å². The van der Waals surface area contributed by atoms with Crippen molar-refractivity contribution in [1.29, 1.82) is 0 Å². The van der Waals surface area contributed by atoms with E-state index < -0.39 is 11.7 Å². The second-order valence-electron chi connectivity index (χ2n) is 4.31. The molecule has 4 nitrogen and oxygen atoms in total. The van der Waals surface area contributed by atoms with Crippen molar-refractivity contribution in [1.82, 2.24) is 9.80 Å². The fourth-order valence-electron chi connectivity index (χ4n) is 2.05. The van der Waals surface area contributed by atoms with Crippen LogP contribution in [0.1, 0.15) is 6.42 Å². The lowest BCUT2D eigenvalue weighted by Crippen LogP contribution is -2.49. The highest BCUT2D eigenvalue weighted by molar-refractivity contribution is 5.75. The van der Waals surface area contributed by atoms with Crippen LogP contribution in [0.3, 0.4) is 0 Å². The minimum atomic E-state index is -4.27. The van der Waals surface area contributed by atoms with E-state index in [9.17, 15) is 18.0 Å². The highest BCUT2D eigenvalue weighted by Gasteiger charge is 2.36. The van der Waals surface area contributed by atoms with Crippen LogP contribution in [0.5, 0.6) is 0 Å². The molecule has 0 aliphatic carbocycles. The number of morpholine rings is 1. The minimum Gasteiger partial charge on any atom is -0.378 e. The normalized spacial score (nSPS) is 21.8. The van der Waals surface area contributed by atoms with E-state index in [2.05, 4.69) is 0 Å². The summed E-state index contributed by atoms with van der Waals surface area (Å²) in [5, 5.41) is 0. The number of rotatable bonds is 0. The van der Waals surface area contributed by atoms with E-state index in [1.54, 1.807) is 4.90 Å². The molecule has 0 aromatic heterocycles. The van der Waals surface area contributed by atoms with E-state index in [0.717, 1.165) is 6.08 Å². The smallest absolute Gasteiger partial charge is 0.378 e. The molecular formula is C11H15F3N2O2. The number of carbonyl (C=O) groups is 1. The van der Waals surface area contributed by atoms with Gasteiger partial charge in [0.2, 0.25) is 0 Å². The van der Waals surface area contributed by atoms with E-state index in [0.29, 0.717) is 26.3 Å². The van der Waals surface area contributed by atoms with E-state index in [-0.39, 0.29) is 25.5 Å². The van der Waals surface area contributed by atoms with Gasteiger partial charge in [0.05, 0.1) is 13.2 Å². The summed E-state index contributed by atoms with van der Waals surface area (Å²) < 4.78 is 42.4. The first-order valence-corrected chi connectivity index (χ1v) is 5.86. The van der Waals surface area contributed by atoms with Gasteiger partial charge in [0.15, 0.2) is 0 Å². The van der Waals surface area contributed by atoms with Crippen LogP contribution < -0.4 is 0 Å². The molecule has 2 aliphatic heterocycles. The first-order chi connectivity index (χ1) is 8.48. The summed E-state index contributed by atoms with van der Waals surface area (Å²) in [5.74, 6) is 0. The second kappa shape index (κ2) is 5.17. The van der Waals surface area contributed by atoms with Crippen molar-refractivity contribution in [2.45, 2.75) is 12.6 Å². The molecule has 0 radical (unpaired) electrons. The SMILES string of the molecule is O=C(N1CC=C(C(F)(F)F)CC1)N1CCOCC1. The fraction of sp³-hybridized carbons (Fsp3) is 0.727. The van der Waals surface area contributed by atoms with Crippen molar-refractivity contribution in [3.05, 3.63) is 11.6 Å². The van der Waals surface area contributed by atoms with Gasteiger partial charge in [-0.15, -0.1) is 0 Å². The predicted octanol–water partition coefficient (Wildman–Crippen LogP) is 1.63. The van der Waals surface area contributed by atoms with Crippen molar-refractivity contribution in [3.8, 4) is 0 Å². The first kappa shape index (κ1) is 13.2. The quantitative estimate of drug-likeness (QED) is 0.623. The minimum absolute atomic E-state index is 0.0328. The van der Waals surface area contributed by atoms with Crippen LogP contribution >= 0.6 is 0 Å². The maximum Gasteiger partial charge on any atom is 0.412 e. The number of ether oxygens (including phenoxy) is 1. The summed E-state index contributed by atoms with van der Waals surface area (Å²) in [6, 6.07) is -0.198. The molecule has 2 rings (SSSR count). The lowest BCUT2D eigenvalue weighted by Gasteiger charge is -2.34. The van der Waals surface area contributed by atoms with Gasteiger partial charge in [-0.1, -0.05) is 6.08 Å². The van der Waals surface area contributed by atoms with Crippen molar-refractivity contribution in [2.24, 2.45) is 0 Å². The lowest BCUT2D eigenvalue weighted by molar-refractivity contribution is -0.0957. The second-order valence-corrected chi connectivity index (χ2v) is 4.31. The summed E-state index contributed by atoms with van der Waals surface area (Å²) >= 11 is 0. The zero-order valence-electron chi connectivity index (χ0n) is 9.87. The monoisotopic (exact) mass is 264 g/mol. The highest BCUT2D eigenvalue weighted by atomic mass is 19.4. The summed E-state index contributed by atoms with van der Waals surface area (Å²) in [6.07, 6.45) is -3.30.